The summed E-state index contributed by atoms with van der Waals surface area (Å²) >= 11 is 0. The molecule has 0 aliphatic rings. The lowest BCUT2D eigenvalue weighted by Gasteiger charge is -2.21. The van der Waals surface area contributed by atoms with E-state index >= 15 is 0 Å². The molecular formula is C12H26N2+2. The Labute approximate surface area is 89.3 Å². The van der Waals surface area contributed by atoms with Crippen LogP contribution in [0, 0.1) is 0 Å². The molecule has 0 aromatic heterocycles. The molecule has 0 radical (unpaired) electrons. The van der Waals surface area contributed by atoms with E-state index in [1.54, 1.807) is 0 Å². The average molecular weight is 198 g/mol. The van der Waals surface area contributed by atoms with Crippen LogP contribution in [-0.4, -0.2) is 64.3 Å². The van der Waals surface area contributed by atoms with Crippen molar-refractivity contribution in [2.45, 2.75) is 0 Å². The van der Waals surface area contributed by atoms with Gasteiger partial charge in [-0.1, -0.05) is 12.2 Å². The molecule has 0 spiro atoms. The monoisotopic (exact) mass is 198 g/mol. The lowest BCUT2D eigenvalue weighted by Crippen LogP contribution is -2.34. The van der Waals surface area contributed by atoms with Crippen LogP contribution < -0.4 is 0 Å². The Balaban J connectivity index is 3.73. The average Bonchev–Trinajstić information content (AvgIpc) is 1.92. The summed E-state index contributed by atoms with van der Waals surface area (Å²) in [4.78, 5) is 0. The van der Waals surface area contributed by atoms with Crippen molar-refractivity contribution in [2.75, 3.05) is 55.4 Å². The lowest BCUT2D eigenvalue weighted by atomic mass is 10.4. The van der Waals surface area contributed by atoms with Crippen LogP contribution in [0.5, 0.6) is 0 Å². The summed E-state index contributed by atoms with van der Waals surface area (Å²) in [5.41, 5.74) is 0. The van der Waals surface area contributed by atoms with E-state index in [0.717, 1.165) is 22.1 Å². The molecule has 0 aliphatic carbocycles. The lowest BCUT2D eigenvalue weighted by molar-refractivity contribution is -0.864. The van der Waals surface area contributed by atoms with Crippen LogP contribution in [0.2, 0.25) is 0 Å². The maximum Gasteiger partial charge on any atom is 0.0970 e. The van der Waals surface area contributed by atoms with Gasteiger partial charge in [0.25, 0.3) is 0 Å². The number of rotatable bonds is 5. The molecule has 0 rings (SSSR count). The van der Waals surface area contributed by atoms with Gasteiger partial charge >= 0.3 is 0 Å². The normalized spacial score (nSPS) is 14.4. The second-order valence-electron chi connectivity index (χ2n) is 5.80. The fourth-order valence-corrected chi connectivity index (χ4v) is 0.911. The number of quaternary nitrogens is 2. The Morgan fingerprint density at radius 1 is 0.643 bits per heavy atom. The van der Waals surface area contributed by atoms with Gasteiger partial charge < -0.3 is 8.97 Å². The third-order valence-electron chi connectivity index (χ3n) is 1.69. The zero-order valence-corrected chi connectivity index (χ0v) is 10.6. The molecule has 0 bridgehead atoms. The summed E-state index contributed by atoms with van der Waals surface area (Å²) in [7, 11) is 13.2. The molecule has 0 saturated heterocycles. The predicted molar refractivity (Wildman–Crippen MR) is 64.1 cm³/mol. The Kier molecular flexibility index (Phi) is 5.09. The molecule has 0 aromatic rings. The Hall–Kier alpha value is -0.600. The summed E-state index contributed by atoms with van der Waals surface area (Å²) in [6.45, 7) is 2.16. The van der Waals surface area contributed by atoms with E-state index in [-0.39, 0.29) is 0 Å². The second-order valence-corrected chi connectivity index (χ2v) is 5.80. The van der Waals surface area contributed by atoms with E-state index in [9.17, 15) is 0 Å². The molecular weight excluding hydrogens is 172 g/mol. The first kappa shape index (κ1) is 13.4. The quantitative estimate of drug-likeness (QED) is 0.464. The first-order valence-corrected chi connectivity index (χ1v) is 5.13. The minimum Gasteiger partial charge on any atom is -0.328 e. The van der Waals surface area contributed by atoms with Gasteiger partial charge in [-0.3, -0.25) is 0 Å². The number of hydrogen-bond donors (Lipinski definition) is 0. The van der Waals surface area contributed by atoms with E-state index in [1.165, 1.54) is 0 Å². The zero-order chi connectivity index (χ0) is 11.2. The Morgan fingerprint density at radius 3 is 1.14 bits per heavy atom. The van der Waals surface area contributed by atoms with Gasteiger partial charge in [0.05, 0.1) is 55.4 Å². The molecule has 0 aromatic carbocycles. The highest BCUT2D eigenvalue weighted by molar-refractivity contribution is 5.02. The minimum atomic E-state index is 0.986. The highest BCUT2D eigenvalue weighted by Crippen LogP contribution is 1.92. The van der Waals surface area contributed by atoms with Crippen LogP contribution >= 0.6 is 0 Å². The third kappa shape index (κ3) is 11.4. The van der Waals surface area contributed by atoms with Crippen LogP contribution in [0.15, 0.2) is 24.3 Å². The number of likely N-dealkylation sites (N-methyl/N-ethyl adjacent to an activating group) is 2. The largest absolute Gasteiger partial charge is 0.328 e. The molecule has 0 unspecified atom stereocenters. The number of hydrogen-bond acceptors (Lipinski definition) is 0. The molecule has 2 heteroatoms. The predicted octanol–water partition coefficient (Wildman–Crippen LogP) is 1.51. The van der Waals surface area contributed by atoms with Crippen molar-refractivity contribution in [3.8, 4) is 0 Å². The standard InChI is InChI=1S/C12H26N2/c1-13(2,3)11-9-7-8-10-12-14(4,5)6/h7-10H,11-12H2,1-6H3/q+2/b9-7+,10-8+. The maximum atomic E-state index is 2.21. The molecule has 14 heavy (non-hydrogen) atoms. The third-order valence-corrected chi connectivity index (χ3v) is 1.69. The van der Waals surface area contributed by atoms with E-state index in [2.05, 4.69) is 66.6 Å². The highest BCUT2D eigenvalue weighted by Gasteiger charge is 2.02. The van der Waals surface area contributed by atoms with Crippen LogP contribution in [-0.2, 0) is 0 Å². The van der Waals surface area contributed by atoms with E-state index in [4.69, 9.17) is 0 Å². The van der Waals surface area contributed by atoms with Crippen molar-refractivity contribution in [2.24, 2.45) is 0 Å². The molecule has 0 atom stereocenters. The first-order chi connectivity index (χ1) is 6.21. The molecule has 0 N–H and O–H groups in total. The molecule has 82 valence electrons. The van der Waals surface area contributed by atoms with Crippen molar-refractivity contribution in [1.82, 2.24) is 0 Å². The Bertz CT molecular complexity index is 177. The van der Waals surface area contributed by atoms with Crippen molar-refractivity contribution in [3.05, 3.63) is 24.3 Å². The van der Waals surface area contributed by atoms with Gasteiger partial charge in [0.1, 0.15) is 0 Å². The molecule has 0 heterocycles. The van der Waals surface area contributed by atoms with Gasteiger partial charge in [-0.15, -0.1) is 0 Å². The van der Waals surface area contributed by atoms with Gasteiger partial charge in [-0.05, 0) is 12.2 Å². The highest BCUT2D eigenvalue weighted by atomic mass is 15.3. The maximum absolute atomic E-state index is 2.21. The van der Waals surface area contributed by atoms with Crippen LogP contribution in [0.1, 0.15) is 0 Å². The second kappa shape index (κ2) is 5.32. The van der Waals surface area contributed by atoms with Gasteiger partial charge in [0.15, 0.2) is 0 Å². The van der Waals surface area contributed by atoms with E-state index < -0.39 is 0 Å². The molecule has 0 fully saturated rings. The number of nitrogens with zero attached hydrogens (tertiary/aromatic N) is 2. The van der Waals surface area contributed by atoms with Gasteiger partial charge in [-0.25, -0.2) is 0 Å². The van der Waals surface area contributed by atoms with Crippen molar-refractivity contribution < 1.29 is 8.97 Å². The summed E-state index contributed by atoms with van der Waals surface area (Å²) in [5.74, 6) is 0. The fourth-order valence-electron chi connectivity index (χ4n) is 0.911. The van der Waals surface area contributed by atoms with Crippen molar-refractivity contribution in [1.29, 1.82) is 0 Å². The minimum absolute atomic E-state index is 0.986. The van der Waals surface area contributed by atoms with E-state index in [1.807, 2.05) is 0 Å². The first-order valence-electron chi connectivity index (χ1n) is 5.13. The van der Waals surface area contributed by atoms with Crippen LogP contribution in [0.25, 0.3) is 0 Å². The summed E-state index contributed by atoms with van der Waals surface area (Å²) < 4.78 is 1.97. The van der Waals surface area contributed by atoms with Gasteiger partial charge in [0.2, 0.25) is 0 Å². The molecule has 0 amide bonds. The van der Waals surface area contributed by atoms with Gasteiger partial charge in [0, 0.05) is 0 Å². The summed E-state index contributed by atoms with van der Waals surface area (Å²) in [6.07, 6.45) is 8.70. The van der Waals surface area contributed by atoms with Crippen LogP contribution in [0.4, 0.5) is 0 Å². The van der Waals surface area contributed by atoms with E-state index in [0.29, 0.717) is 0 Å². The topological polar surface area (TPSA) is 0 Å². The van der Waals surface area contributed by atoms with Gasteiger partial charge in [-0.2, -0.15) is 0 Å². The molecule has 2 nitrogen and oxygen atoms in total. The Morgan fingerprint density at radius 2 is 0.929 bits per heavy atom. The fraction of sp³-hybridized carbons (Fsp3) is 0.667. The summed E-state index contributed by atoms with van der Waals surface area (Å²) in [5, 5.41) is 0. The smallest absolute Gasteiger partial charge is 0.0970 e. The number of allylic oxidation sites excluding steroid dienone is 2. The van der Waals surface area contributed by atoms with Crippen molar-refractivity contribution >= 4 is 0 Å². The zero-order valence-electron chi connectivity index (χ0n) is 10.6. The SMILES string of the molecule is C[N+](C)(C)C/C=C/C=C/C[N+](C)(C)C. The summed E-state index contributed by atoms with van der Waals surface area (Å²) in [6, 6.07) is 0. The molecule has 0 aliphatic heterocycles. The van der Waals surface area contributed by atoms with Crippen LogP contribution in [0.3, 0.4) is 0 Å². The van der Waals surface area contributed by atoms with Crippen molar-refractivity contribution in [3.63, 3.8) is 0 Å². The molecule has 0 saturated carbocycles.